The van der Waals surface area contributed by atoms with Gasteiger partial charge in [0, 0.05) is 18.3 Å². The molecule has 3 rings (SSSR count). The summed E-state index contributed by atoms with van der Waals surface area (Å²) in [5, 5.41) is 11.2. The van der Waals surface area contributed by atoms with Gasteiger partial charge in [0.25, 0.3) is 0 Å². The first kappa shape index (κ1) is 11.9. The highest BCUT2D eigenvalue weighted by Crippen LogP contribution is 2.21. The third-order valence-corrected chi connectivity index (χ3v) is 3.19. The van der Waals surface area contributed by atoms with Crippen molar-refractivity contribution in [2.45, 2.75) is 6.04 Å². The Kier molecular flexibility index (Phi) is 3.29. The van der Waals surface area contributed by atoms with E-state index < -0.39 is 0 Å². The van der Waals surface area contributed by atoms with E-state index in [0.717, 1.165) is 5.56 Å². The first-order valence-corrected chi connectivity index (χ1v) is 6.44. The van der Waals surface area contributed by atoms with E-state index >= 15 is 0 Å². The van der Waals surface area contributed by atoms with Gasteiger partial charge in [-0.1, -0.05) is 30.3 Å². The molecule has 0 saturated heterocycles. The van der Waals surface area contributed by atoms with Crippen LogP contribution in [0.2, 0.25) is 0 Å². The molecule has 96 valence electrons. The molecule has 5 nitrogen and oxygen atoms in total. The maximum Gasteiger partial charge on any atom is 0.203 e. The fourth-order valence-electron chi connectivity index (χ4n) is 1.92. The predicted molar refractivity (Wildman–Crippen MR) is 74.3 cm³/mol. The minimum absolute atomic E-state index is 0.0155. The molecule has 0 radical (unpaired) electrons. The molecule has 2 aromatic heterocycles. The van der Waals surface area contributed by atoms with Crippen molar-refractivity contribution in [1.82, 2.24) is 19.6 Å². The van der Waals surface area contributed by atoms with E-state index in [4.69, 9.17) is 11.6 Å². The summed E-state index contributed by atoms with van der Waals surface area (Å²) < 4.78 is 1.81. The third-order valence-electron chi connectivity index (χ3n) is 2.88. The third kappa shape index (κ3) is 2.37. The Morgan fingerprint density at radius 1 is 1.26 bits per heavy atom. The number of hydrogen-bond donors (Lipinski definition) is 1. The van der Waals surface area contributed by atoms with Crippen molar-refractivity contribution in [2.24, 2.45) is 0 Å². The van der Waals surface area contributed by atoms with Crippen LogP contribution in [0.25, 0.3) is 5.65 Å². The normalized spacial score (nSPS) is 12.5. The Balaban J connectivity index is 1.93. The SMILES string of the molecule is ClCC(Nc1nccn2cnnc12)c1ccccc1. The highest BCUT2D eigenvalue weighted by Gasteiger charge is 2.13. The van der Waals surface area contributed by atoms with Gasteiger partial charge in [0.1, 0.15) is 6.33 Å². The second-order valence-electron chi connectivity index (χ2n) is 4.10. The second kappa shape index (κ2) is 5.24. The van der Waals surface area contributed by atoms with Crippen LogP contribution in [0.1, 0.15) is 11.6 Å². The number of hydrogen-bond acceptors (Lipinski definition) is 4. The van der Waals surface area contributed by atoms with Crippen molar-refractivity contribution in [3.8, 4) is 0 Å². The van der Waals surface area contributed by atoms with E-state index in [9.17, 15) is 0 Å². The van der Waals surface area contributed by atoms with Crippen molar-refractivity contribution in [2.75, 3.05) is 11.2 Å². The summed E-state index contributed by atoms with van der Waals surface area (Å²) in [5.41, 5.74) is 1.80. The number of rotatable bonds is 4. The largest absolute Gasteiger partial charge is 0.359 e. The van der Waals surface area contributed by atoms with Crippen molar-refractivity contribution < 1.29 is 0 Å². The lowest BCUT2D eigenvalue weighted by Gasteiger charge is -2.17. The fourth-order valence-corrected chi connectivity index (χ4v) is 2.18. The van der Waals surface area contributed by atoms with Crippen molar-refractivity contribution in [3.63, 3.8) is 0 Å². The molecule has 0 bridgehead atoms. The molecule has 1 unspecified atom stereocenters. The van der Waals surface area contributed by atoms with Gasteiger partial charge in [-0.25, -0.2) is 4.98 Å². The minimum atomic E-state index is -0.0155. The van der Waals surface area contributed by atoms with Crippen LogP contribution in [0.15, 0.2) is 49.1 Å². The summed E-state index contributed by atoms with van der Waals surface area (Å²) in [5.74, 6) is 1.12. The van der Waals surface area contributed by atoms with Gasteiger partial charge in [-0.2, -0.15) is 0 Å². The van der Waals surface area contributed by atoms with Gasteiger partial charge in [-0.15, -0.1) is 21.8 Å². The maximum absolute atomic E-state index is 6.04. The number of nitrogens with zero attached hydrogens (tertiary/aromatic N) is 4. The van der Waals surface area contributed by atoms with Gasteiger partial charge >= 0.3 is 0 Å². The summed E-state index contributed by atoms with van der Waals surface area (Å²) in [7, 11) is 0. The maximum atomic E-state index is 6.04. The first-order chi connectivity index (χ1) is 9.38. The second-order valence-corrected chi connectivity index (χ2v) is 4.41. The van der Waals surface area contributed by atoms with E-state index in [1.54, 1.807) is 18.7 Å². The predicted octanol–water partition coefficient (Wildman–Crippen LogP) is 2.52. The van der Waals surface area contributed by atoms with Gasteiger partial charge < -0.3 is 5.32 Å². The standard InChI is InChI=1S/C13H12ClN5/c14-8-11(10-4-2-1-3-5-10)17-12-13-18-16-9-19(13)7-6-15-12/h1-7,9,11H,8H2,(H,15,17). The molecule has 0 saturated carbocycles. The van der Waals surface area contributed by atoms with E-state index in [-0.39, 0.29) is 6.04 Å². The summed E-state index contributed by atoms with van der Waals surface area (Å²) in [6.07, 6.45) is 5.15. The number of benzene rings is 1. The van der Waals surface area contributed by atoms with E-state index in [1.807, 2.05) is 34.7 Å². The lowest BCUT2D eigenvalue weighted by molar-refractivity contribution is 0.880. The lowest BCUT2D eigenvalue weighted by Crippen LogP contribution is -2.14. The Hall–Kier alpha value is -2.14. The molecule has 1 N–H and O–H groups in total. The Labute approximate surface area is 115 Å². The molecule has 0 aliphatic rings. The lowest BCUT2D eigenvalue weighted by atomic mass is 10.1. The van der Waals surface area contributed by atoms with Crippen LogP contribution >= 0.6 is 11.6 Å². The minimum Gasteiger partial charge on any atom is -0.359 e. The molecule has 0 amide bonds. The Morgan fingerprint density at radius 3 is 2.89 bits per heavy atom. The molecular weight excluding hydrogens is 262 g/mol. The van der Waals surface area contributed by atoms with Crippen LogP contribution in [-0.4, -0.2) is 25.5 Å². The van der Waals surface area contributed by atoms with E-state index in [0.29, 0.717) is 17.3 Å². The molecule has 1 atom stereocenters. The molecule has 3 aromatic rings. The zero-order valence-corrected chi connectivity index (χ0v) is 10.8. The van der Waals surface area contributed by atoms with Gasteiger partial charge in [0.15, 0.2) is 5.82 Å². The van der Waals surface area contributed by atoms with E-state index in [1.165, 1.54) is 0 Å². The molecular formula is C13H12ClN5. The Morgan fingerprint density at radius 2 is 2.11 bits per heavy atom. The number of fused-ring (bicyclic) bond motifs is 1. The van der Waals surface area contributed by atoms with Crippen molar-refractivity contribution >= 4 is 23.1 Å². The molecule has 19 heavy (non-hydrogen) atoms. The Bertz CT molecular complexity index is 667. The number of halogens is 1. The fraction of sp³-hybridized carbons (Fsp3) is 0.154. The van der Waals surface area contributed by atoms with Crippen LogP contribution in [0.5, 0.6) is 0 Å². The topological polar surface area (TPSA) is 55.1 Å². The molecule has 0 spiro atoms. The molecule has 6 heteroatoms. The quantitative estimate of drug-likeness (QED) is 0.742. The van der Waals surface area contributed by atoms with Crippen molar-refractivity contribution in [3.05, 3.63) is 54.6 Å². The van der Waals surface area contributed by atoms with Gasteiger partial charge in [0.2, 0.25) is 5.65 Å². The highest BCUT2D eigenvalue weighted by molar-refractivity contribution is 6.18. The van der Waals surface area contributed by atoms with Gasteiger partial charge in [-0.05, 0) is 5.56 Å². The van der Waals surface area contributed by atoms with Crippen molar-refractivity contribution in [1.29, 1.82) is 0 Å². The molecule has 1 aromatic carbocycles. The molecule has 0 aliphatic carbocycles. The van der Waals surface area contributed by atoms with Crippen LogP contribution in [-0.2, 0) is 0 Å². The average molecular weight is 274 g/mol. The van der Waals surface area contributed by atoms with E-state index in [2.05, 4.69) is 20.5 Å². The number of aromatic nitrogens is 4. The first-order valence-electron chi connectivity index (χ1n) is 5.90. The van der Waals surface area contributed by atoms with Crippen LogP contribution in [0.4, 0.5) is 5.82 Å². The summed E-state index contributed by atoms with van der Waals surface area (Å²) >= 11 is 6.04. The summed E-state index contributed by atoms with van der Waals surface area (Å²) in [4.78, 5) is 4.30. The zero-order valence-electron chi connectivity index (χ0n) is 10.1. The van der Waals surface area contributed by atoms with Gasteiger partial charge in [0.05, 0.1) is 6.04 Å². The molecule has 0 fully saturated rings. The number of alkyl halides is 1. The molecule has 0 aliphatic heterocycles. The van der Waals surface area contributed by atoms with Crippen LogP contribution in [0, 0.1) is 0 Å². The number of anilines is 1. The summed E-state index contributed by atoms with van der Waals surface area (Å²) in [6, 6.07) is 10.0. The van der Waals surface area contributed by atoms with Crippen LogP contribution in [0.3, 0.4) is 0 Å². The molecule has 2 heterocycles. The van der Waals surface area contributed by atoms with Gasteiger partial charge in [-0.3, -0.25) is 4.40 Å². The monoisotopic (exact) mass is 273 g/mol. The smallest absolute Gasteiger partial charge is 0.203 e. The highest BCUT2D eigenvalue weighted by atomic mass is 35.5. The average Bonchev–Trinajstić information content (AvgIpc) is 2.95. The summed E-state index contributed by atoms with van der Waals surface area (Å²) in [6.45, 7) is 0. The zero-order chi connectivity index (χ0) is 13.1. The van der Waals surface area contributed by atoms with Crippen LogP contribution < -0.4 is 5.32 Å². The number of nitrogens with one attached hydrogen (secondary N) is 1.